The van der Waals surface area contributed by atoms with E-state index in [2.05, 4.69) is 75.9 Å². The zero-order valence-corrected chi connectivity index (χ0v) is 21.6. The summed E-state index contributed by atoms with van der Waals surface area (Å²) in [6, 6.07) is 7.28. The summed E-state index contributed by atoms with van der Waals surface area (Å²) in [5.74, 6) is 0. The third kappa shape index (κ3) is 6.43. The molecule has 0 aliphatic heterocycles. The number of nitrogens with zero attached hydrogens (tertiary/aromatic N) is 3. The Bertz CT molecular complexity index is 1020. The summed E-state index contributed by atoms with van der Waals surface area (Å²) in [7, 11) is 0. The average Bonchev–Trinajstić information content (AvgIpc) is 2.56. The van der Waals surface area contributed by atoms with E-state index in [1.807, 2.05) is 32.9 Å². The molecule has 0 amide bonds. The van der Waals surface area contributed by atoms with Crippen LogP contribution >= 0.6 is 56.8 Å². The zero-order chi connectivity index (χ0) is 21.9. The number of pyridine rings is 2. The second-order valence-corrected chi connectivity index (χ2v) is 10.8. The van der Waals surface area contributed by atoms with E-state index in [0.717, 1.165) is 18.5 Å². The predicted molar refractivity (Wildman–Crippen MR) is 129 cm³/mol. The Morgan fingerprint density at radius 2 is 1.46 bits per heavy atom. The van der Waals surface area contributed by atoms with E-state index in [9.17, 15) is 4.79 Å². The fourth-order valence-corrected chi connectivity index (χ4v) is 4.88. The maximum Gasteiger partial charge on any atom is 0.266 e. The van der Waals surface area contributed by atoms with E-state index in [1.54, 1.807) is 12.1 Å². The highest BCUT2D eigenvalue weighted by Gasteiger charge is 2.21. The molecule has 0 aromatic carbocycles. The van der Waals surface area contributed by atoms with Gasteiger partial charge in [0.05, 0.1) is 11.3 Å². The smallest absolute Gasteiger partial charge is 0.266 e. The molecule has 28 heavy (non-hydrogen) atoms. The van der Waals surface area contributed by atoms with Gasteiger partial charge in [-0.25, -0.2) is 4.98 Å². The van der Waals surface area contributed by atoms with Crippen LogP contribution < -0.4 is 5.56 Å². The molecule has 0 unspecified atom stereocenters. The molecule has 1 N–H and O–H groups in total. The van der Waals surface area contributed by atoms with Gasteiger partial charge in [-0.15, -0.1) is 0 Å². The number of nitrogens with one attached hydrogen (secondary N) is 1. The van der Waals surface area contributed by atoms with Crippen LogP contribution in [-0.2, 0) is 10.8 Å². The number of hydrogen-bond donors (Lipinski definition) is 1. The Labute approximate surface area is 197 Å². The summed E-state index contributed by atoms with van der Waals surface area (Å²) in [4.78, 5) is 18.4. The summed E-state index contributed by atoms with van der Waals surface area (Å²) in [6.07, 6.45) is 0. The molecule has 0 saturated carbocycles. The Hall–Kier alpha value is -1.17. The molecule has 0 saturated heterocycles. The van der Waals surface area contributed by atoms with Gasteiger partial charge in [-0.3, -0.25) is 4.79 Å². The summed E-state index contributed by atoms with van der Waals surface area (Å²) in [6.45, 7) is 12.3. The molecule has 0 atom stereocenters. The summed E-state index contributed by atoms with van der Waals surface area (Å²) >= 11 is 10.2. The minimum atomic E-state index is -0.308. The number of nitriles is 2. The van der Waals surface area contributed by atoms with Crippen LogP contribution in [0.3, 0.4) is 0 Å². The van der Waals surface area contributed by atoms with Crippen LogP contribution in [0, 0.1) is 29.8 Å². The standard InChI is InChI=1S/C10H10ClIN2.C10H11IN2O/c1-10(2,3)8-7(12)4-6(5-13)9(11)14-8;1-10(2,3)8-7(11)4-6(5-12)9(14)13-8/h4H,1-3H3;4H,1-3H3,(H,13,14). The normalized spacial score (nSPS) is 11.1. The molecule has 0 aliphatic carbocycles. The fourth-order valence-electron chi connectivity index (χ4n) is 2.20. The highest BCUT2D eigenvalue weighted by molar-refractivity contribution is 14.1. The van der Waals surface area contributed by atoms with Crippen molar-refractivity contribution in [1.82, 2.24) is 9.97 Å². The molecule has 0 aliphatic rings. The highest BCUT2D eigenvalue weighted by Crippen LogP contribution is 2.28. The van der Waals surface area contributed by atoms with Crippen LogP contribution in [0.4, 0.5) is 0 Å². The lowest BCUT2D eigenvalue weighted by atomic mass is 9.91. The Morgan fingerprint density at radius 1 is 0.964 bits per heavy atom. The van der Waals surface area contributed by atoms with Gasteiger partial charge in [-0.2, -0.15) is 10.5 Å². The third-order valence-electron chi connectivity index (χ3n) is 3.62. The van der Waals surface area contributed by atoms with E-state index >= 15 is 0 Å². The van der Waals surface area contributed by atoms with Gasteiger partial charge in [0.1, 0.15) is 22.9 Å². The molecule has 8 heteroatoms. The van der Waals surface area contributed by atoms with Crippen LogP contribution in [0.25, 0.3) is 0 Å². The topological polar surface area (TPSA) is 93.3 Å². The molecule has 0 radical (unpaired) electrons. The van der Waals surface area contributed by atoms with E-state index in [0.29, 0.717) is 5.56 Å². The van der Waals surface area contributed by atoms with Gasteiger partial charge in [0.25, 0.3) is 5.56 Å². The number of hydrogen-bond acceptors (Lipinski definition) is 4. The van der Waals surface area contributed by atoms with Gasteiger partial charge in [0.15, 0.2) is 0 Å². The van der Waals surface area contributed by atoms with Crippen LogP contribution in [0.1, 0.15) is 64.1 Å². The van der Waals surface area contributed by atoms with Crippen LogP contribution in [-0.4, -0.2) is 9.97 Å². The van der Waals surface area contributed by atoms with E-state index in [4.69, 9.17) is 22.1 Å². The number of H-pyrrole nitrogens is 1. The maximum absolute atomic E-state index is 11.4. The SMILES string of the molecule is CC(C)(C)c1[nH]c(=O)c(C#N)cc1I.CC(C)(C)c1nc(Cl)c(C#N)cc1I. The molecule has 2 aromatic rings. The quantitative estimate of drug-likeness (QED) is 0.303. The van der Waals surface area contributed by atoms with Crippen molar-refractivity contribution in [3.8, 4) is 12.1 Å². The second kappa shape index (κ2) is 9.55. The number of aromatic amines is 1. The molecule has 0 spiro atoms. The number of aromatic nitrogens is 2. The van der Waals surface area contributed by atoms with Gasteiger partial charge in [-0.1, -0.05) is 53.1 Å². The summed E-state index contributed by atoms with van der Waals surface area (Å²) in [5, 5.41) is 17.7. The van der Waals surface area contributed by atoms with Crippen LogP contribution in [0.5, 0.6) is 0 Å². The van der Waals surface area contributed by atoms with Crippen LogP contribution in [0.2, 0.25) is 5.15 Å². The van der Waals surface area contributed by atoms with Crippen molar-refractivity contribution in [3.63, 3.8) is 0 Å². The number of halogens is 3. The molecule has 0 bridgehead atoms. The fraction of sp³-hybridized carbons (Fsp3) is 0.400. The van der Waals surface area contributed by atoms with Gasteiger partial charge in [0, 0.05) is 23.7 Å². The molecule has 2 rings (SSSR count). The van der Waals surface area contributed by atoms with E-state index in [-0.39, 0.29) is 27.1 Å². The van der Waals surface area contributed by atoms with Crippen molar-refractivity contribution in [2.75, 3.05) is 0 Å². The molecule has 2 heterocycles. The number of rotatable bonds is 0. The van der Waals surface area contributed by atoms with Crippen LogP contribution in [0.15, 0.2) is 16.9 Å². The van der Waals surface area contributed by atoms with Gasteiger partial charge < -0.3 is 4.98 Å². The lowest BCUT2D eigenvalue weighted by Crippen LogP contribution is -2.22. The van der Waals surface area contributed by atoms with E-state index < -0.39 is 0 Å². The predicted octanol–water partition coefficient (Wildman–Crippen LogP) is 5.66. The minimum absolute atomic E-state index is 0.0475. The van der Waals surface area contributed by atoms with Crippen molar-refractivity contribution >= 4 is 56.8 Å². The maximum atomic E-state index is 11.4. The second-order valence-electron chi connectivity index (χ2n) is 8.12. The Morgan fingerprint density at radius 3 is 1.89 bits per heavy atom. The first-order valence-corrected chi connectivity index (χ1v) is 10.9. The first-order chi connectivity index (χ1) is 12.7. The highest BCUT2D eigenvalue weighted by atomic mass is 127. The summed E-state index contributed by atoms with van der Waals surface area (Å²) < 4.78 is 1.90. The Kier molecular flexibility index (Phi) is 8.48. The molecule has 2 aromatic heterocycles. The van der Waals surface area contributed by atoms with Crippen molar-refractivity contribution in [3.05, 3.63) is 57.3 Å². The van der Waals surface area contributed by atoms with Crippen molar-refractivity contribution in [2.24, 2.45) is 0 Å². The zero-order valence-electron chi connectivity index (χ0n) is 16.5. The monoisotopic (exact) mass is 622 g/mol. The molecule has 5 nitrogen and oxygen atoms in total. The molecule has 148 valence electrons. The molecule has 0 fully saturated rings. The van der Waals surface area contributed by atoms with Crippen molar-refractivity contribution in [1.29, 1.82) is 10.5 Å². The third-order valence-corrected chi connectivity index (χ3v) is 5.59. The summed E-state index contributed by atoms with van der Waals surface area (Å²) in [5.41, 5.74) is 1.95. The minimum Gasteiger partial charge on any atom is -0.323 e. The van der Waals surface area contributed by atoms with Crippen molar-refractivity contribution in [2.45, 2.75) is 52.4 Å². The van der Waals surface area contributed by atoms with Gasteiger partial charge >= 0.3 is 0 Å². The Balaban J connectivity index is 0.000000280. The molecular weight excluding hydrogens is 602 g/mol. The van der Waals surface area contributed by atoms with E-state index in [1.165, 1.54) is 0 Å². The first-order valence-electron chi connectivity index (χ1n) is 8.32. The first kappa shape index (κ1) is 24.9. The lowest BCUT2D eigenvalue weighted by molar-refractivity contribution is 0.562. The van der Waals surface area contributed by atoms with Gasteiger partial charge in [-0.05, 0) is 57.3 Å². The average molecular weight is 623 g/mol. The molecular formula is C20H21ClI2N4O. The van der Waals surface area contributed by atoms with Crippen molar-refractivity contribution < 1.29 is 0 Å². The van der Waals surface area contributed by atoms with Gasteiger partial charge in [0.2, 0.25) is 0 Å². The largest absolute Gasteiger partial charge is 0.323 e. The lowest BCUT2D eigenvalue weighted by Gasteiger charge is -2.19.